The largest absolute Gasteiger partial charge is 0.395 e. The van der Waals surface area contributed by atoms with Crippen molar-refractivity contribution in [3.8, 4) is 0 Å². The van der Waals surface area contributed by atoms with Gasteiger partial charge < -0.3 is 10.4 Å². The molecule has 0 bridgehead atoms. The molecular formula is C10H20F2N2O. The molecule has 2 N–H and O–H groups in total. The molecule has 0 radical (unpaired) electrons. The maximum Gasteiger partial charge on any atom is 0.251 e. The van der Waals surface area contributed by atoms with Crippen LogP contribution in [0.25, 0.3) is 0 Å². The van der Waals surface area contributed by atoms with Crippen molar-refractivity contribution in [2.45, 2.75) is 31.7 Å². The molecule has 3 nitrogen and oxygen atoms in total. The van der Waals surface area contributed by atoms with E-state index in [0.717, 1.165) is 13.0 Å². The highest BCUT2D eigenvalue weighted by atomic mass is 19.3. The van der Waals surface area contributed by atoms with Crippen molar-refractivity contribution in [1.29, 1.82) is 0 Å². The fraction of sp³-hybridized carbons (Fsp3) is 1.00. The number of hydrogen-bond donors (Lipinski definition) is 2. The Hall–Kier alpha value is -0.260. The molecule has 0 unspecified atom stereocenters. The second kappa shape index (κ2) is 7.09. The third-order valence-electron chi connectivity index (χ3n) is 2.47. The van der Waals surface area contributed by atoms with Crippen molar-refractivity contribution in [3.05, 3.63) is 0 Å². The average Bonchev–Trinajstić information content (AvgIpc) is 2.95. The number of hydrogen-bond acceptors (Lipinski definition) is 3. The Labute approximate surface area is 89.5 Å². The summed E-state index contributed by atoms with van der Waals surface area (Å²) in [7, 11) is 0. The average molecular weight is 222 g/mol. The lowest BCUT2D eigenvalue weighted by Gasteiger charge is -2.20. The third kappa shape index (κ3) is 6.76. The van der Waals surface area contributed by atoms with Gasteiger partial charge in [0.25, 0.3) is 6.43 Å². The molecule has 0 amide bonds. The smallest absolute Gasteiger partial charge is 0.251 e. The van der Waals surface area contributed by atoms with E-state index in [1.54, 1.807) is 4.90 Å². The topological polar surface area (TPSA) is 35.5 Å². The maximum atomic E-state index is 12.1. The Balaban J connectivity index is 2.00. The van der Waals surface area contributed by atoms with Crippen molar-refractivity contribution >= 4 is 0 Å². The number of nitrogens with one attached hydrogen (secondary N) is 1. The highest BCUT2D eigenvalue weighted by Gasteiger charge is 2.19. The minimum Gasteiger partial charge on any atom is -0.395 e. The van der Waals surface area contributed by atoms with Crippen LogP contribution in [-0.4, -0.2) is 55.3 Å². The lowest BCUT2D eigenvalue weighted by molar-refractivity contribution is 0.0778. The minimum absolute atomic E-state index is 0.0528. The van der Waals surface area contributed by atoms with E-state index in [1.807, 2.05) is 0 Å². The van der Waals surface area contributed by atoms with Crippen LogP contribution in [0, 0.1) is 0 Å². The standard InChI is InChI=1S/C10H20F2N2O/c11-10(12)8-14(6-7-15)5-1-4-13-9-2-3-9/h9-10,13,15H,1-8H2. The summed E-state index contributed by atoms with van der Waals surface area (Å²) in [6, 6.07) is 0.673. The van der Waals surface area contributed by atoms with E-state index in [2.05, 4.69) is 5.32 Å². The molecule has 1 saturated carbocycles. The highest BCUT2D eigenvalue weighted by molar-refractivity contribution is 4.80. The van der Waals surface area contributed by atoms with Gasteiger partial charge in [0.15, 0.2) is 0 Å². The molecule has 0 aromatic rings. The Bertz CT molecular complexity index is 166. The molecule has 1 rings (SSSR count). The SMILES string of the molecule is OCCN(CCCNC1CC1)CC(F)F. The van der Waals surface area contributed by atoms with Gasteiger partial charge in [-0.2, -0.15) is 0 Å². The third-order valence-corrected chi connectivity index (χ3v) is 2.47. The van der Waals surface area contributed by atoms with E-state index >= 15 is 0 Å². The number of aliphatic hydroxyl groups is 1. The fourth-order valence-corrected chi connectivity index (χ4v) is 1.53. The first-order valence-corrected chi connectivity index (χ1v) is 5.57. The quantitative estimate of drug-likeness (QED) is 0.563. The van der Waals surface area contributed by atoms with Crippen LogP contribution in [0.1, 0.15) is 19.3 Å². The first kappa shape index (κ1) is 12.8. The summed E-state index contributed by atoms with van der Waals surface area (Å²) >= 11 is 0. The normalized spacial score (nSPS) is 16.6. The van der Waals surface area contributed by atoms with Gasteiger partial charge in [-0.05, 0) is 32.4 Å². The predicted molar refractivity (Wildman–Crippen MR) is 55.2 cm³/mol. The van der Waals surface area contributed by atoms with Crippen LogP contribution < -0.4 is 5.32 Å². The van der Waals surface area contributed by atoms with E-state index in [4.69, 9.17) is 5.11 Å². The lowest BCUT2D eigenvalue weighted by atomic mass is 10.3. The van der Waals surface area contributed by atoms with Gasteiger partial charge in [0, 0.05) is 12.6 Å². The fourth-order valence-electron chi connectivity index (χ4n) is 1.53. The zero-order chi connectivity index (χ0) is 11.1. The number of aliphatic hydroxyl groups excluding tert-OH is 1. The van der Waals surface area contributed by atoms with Gasteiger partial charge in [0.05, 0.1) is 13.2 Å². The summed E-state index contributed by atoms with van der Waals surface area (Å²) in [5, 5.41) is 12.0. The van der Waals surface area contributed by atoms with E-state index in [1.165, 1.54) is 12.8 Å². The summed E-state index contributed by atoms with van der Waals surface area (Å²) in [4.78, 5) is 1.61. The summed E-state index contributed by atoms with van der Waals surface area (Å²) in [5.41, 5.74) is 0. The van der Waals surface area contributed by atoms with Gasteiger partial charge in [0.1, 0.15) is 0 Å². The zero-order valence-electron chi connectivity index (χ0n) is 8.96. The van der Waals surface area contributed by atoms with E-state index in [-0.39, 0.29) is 13.2 Å². The summed E-state index contributed by atoms with van der Waals surface area (Å²) in [6.07, 6.45) is 1.05. The van der Waals surface area contributed by atoms with Gasteiger partial charge in [-0.1, -0.05) is 0 Å². The summed E-state index contributed by atoms with van der Waals surface area (Å²) in [5.74, 6) is 0. The first-order valence-electron chi connectivity index (χ1n) is 5.57. The molecule has 15 heavy (non-hydrogen) atoms. The molecule has 1 aliphatic carbocycles. The second-order valence-electron chi connectivity index (χ2n) is 4.00. The van der Waals surface area contributed by atoms with Gasteiger partial charge in [-0.25, -0.2) is 8.78 Å². The van der Waals surface area contributed by atoms with Gasteiger partial charge in [-0.3, -0.25) is 4.90 Å². The Morgan fingerprint density at radius 3 is 2.60 bits per heavy atom. The van der Waals surface area contributed by atoms with Crippen molar-refractivity contribution in [2.24, 2.45) is 0 Å². The predicted octanol–water partition coefficient (Wildman–Crippen LogP) is 0.688. The van der Waals surface area contributed by atoms with Crippen LogP contribution in [0.2, 0.25) is 0 Å². The minimum atomic E-state index is -2.31. The molecule has 0 spiro atoms. The molecule has 90 valence electrons. The Morgan fingerprint density at radius 1 is 1.33 bits per heavy atom. The van der Waals surface area contributed by atoms with E-state index < -0.39 is 6.43 Å². The molecule has 0 saturated heterocycles. The zero-order valence-corrected chi connectivity index (χ0v) is 8.96. The summed E-state index contributed by atoms with van der Waals surface area (Å²) in [6.45, 7) is 1.57. The van der Waals surface area contributed by atoms with Crippen LogP contribution >= 0.6 is 0 Å². The van der Waals surface area contributed by atoms with Crippen LogP contribution in [0.4, 0.5) is 8.78 Å². The van der Waals surface area contributed by atoms with Crippen LogP contribution in [-0.2, 0) is 0 Å². The molecule has 0 aromatic heterocycles. The number of halogens is 2. The molecular weight excluding hydrogens is 202 g/mol. The van der Waals surface area contributed by atoms with E-state index in [9.17, 15) is 8.78 Å². The van der Waals surface area contributed by atoms with E-state index in [0.29, 0.717) is 19.1 Å². The van der Waals surface area contributed by atoms with Crippen LogP contribution in [0.15, 0.2) is 0 Å². The molecule has 1 fully saturated rings. The number of rotatable bonds is 9. The Kier molecular flexibility index (Phi) is 6.05. The van der Waals surface area contributed by atoms with Gasteiger partial charge >= 0.3 is 0 Å². The monoisotopic (exact) mass is 222 g/mol. The van der Waals surface area contributed by atoms with Crippen LogP contribution in [0.3, 0.4) is 0 Å². The van der Waals surface area contributed by atoms with Crippen molar-refractivity contribution < 1.29 is 13.9 Å². The molecule has 1 aliphatic rings. The first-order chi connectivity index (χ1) is 7.22. The number of alkyl halides is 2. The molecule has 5 heteroatoms. The molecule has 0 aliphatic heterocycles. The van der Waals surface area contributed by atoms with Crippen molar-refractivity contribution in [2.75, 3.05) is 32.8 Å². The molecule has 0 heterocycles. The maximum absolute atomic E-state index is 12.1. The van der Waals surface area contributed by atoms with Gasteiger partial charge in [-0.15, -0.1) is 0 Å². The van der Waals surface area contributed by atoms with Gasteiger partial charge in [0.2, 0.25) is 0 Å². The molecule has 0 atom stereocenters. The van der Waals surface area contributed by atoms with Crippen molar-refractivity contribution in [3.63, 3.8) is 0 Å². The van der Waals surface area contributed by atoms with Crippen molar-refractivity contribution in [1.82, 2.24) is 10.2 Å². The van der Waals surface area contributed by atoms with Crippen LogP contribution in [0.5, 0.6) is 0 Å². The summed E-state index contributed by atoms with van der Waals surface area (Å²) < 4.78 is 24.2. The highest BCUT2D eigenvalue weighted by Crippen LogP contribution is 2.18. The lowest BCUT2D eigenvalue weighted by Crippen LogP contribution is -2.34. The molecule has 0 aromatic carbocycles. The number of nitrogens with zero attached hydrogens (tertiary/aromatic N) is 1. The Morgan fingerprint density at radius 2 is 2.07 bits per heavy atom. The second-order valence-corrected chi connectivity index (χ2v) is 4.00.